The van der Waals surface area contributed by atoms with Crippen molar-refractivity contribution in [2.24, 2.45) is 0 Å². The Balaban J connectivity index is 1.49. The van der Waals surface area contributed by atoms with Gasteiger partial charge in [0.05, 0.1) is 25.3 Å². The summed E-state index contributed by atoms with van der Waals surface area (Å²) in [6.45, 7) is 2.40. The maximum atomic E-state index is 6.10. The van der Waals surface area contributed by atoms with Crippen molar-refractivity contribution in [2.75, 3.05) is 38.7 Å². The molecule has 0 spiro atoms. The molecule has 1 saturated heterocycles. The van der Waals surface area contributed by atoms with E-state index in [4.69, 9.17) is 9.15 Å². The number of likely N-dealkylation sites (N-methyl/N-ethyl adjacent to an activating group) is 2. The van der Waals surface area contributed by atoms with E-state index in [2.05, 4.69) is 46.4 Å². The minimum Gasteiger partial charge on any atom is -0.408 e. The number of ether oxygens (including phenoxy) is 1. The summed E-state index contributed by atoms with van der Waals surface area (Å²) in [5, 5.41) is 8.37. The summed E-state index contributed by atoms with van der Waals surface area (Å²) in [4.78, 5) is 4.37. The fourth-order valence-corrected chi connectivity index (χ4v) is 3.36. The van der Waals surface area contributed by atoms with Gasteiger partial charge in [-0.2, -0.15) is 0 Å². The molecule has 1 aliphatic carbocycles. The standard InChI is InChI=1S/C18H24N4O2/c1-21-10-11-23-15(16(21)13-6-4-3-5-7-13)12-22(2)18-20-19-17(24-18)14-8-9-14/h3-7,14-16H,8-12H2,1-2H3/t15-,16-/m0/s1. The van der Waals surface area contributed by atoms with Crippen molar-refractivity contribution in [1.29, 1.82) is 0 Å². The number of aromatic nitrogens is 2. The third-order valence-electron chi connectivity index (χ3n) is 4.88. The average Bonchev–Trinajstić information content (AvgIpc) is 3.32. The summed E-state index contributed by atoms with van der Waals surface area (Å²) in [6, 6.07) is 11.4. The van der Waals surface area contributed by atoms with Gasteiger partial charge in [0.25, 0.3) is 0 Å². The van der Waals surface area contributed by atoms with E-state index in [1.165, 1.54) is 5.56 Å². The van der Waals surface area contributed by atoms with Crippen LogP contribution in [0.1, 0.15) is 36.3 Å². The van der Waals surface area contributed by atoms with E-state index < -0.39 is 0 Å². The van der Waals surface area contributed by atoms with Gasteiger partial charge >= 0.3 is 6.01 Å². The largest absolute Gasteiger partial charge is 0.408 e. The van der Waals surface area contributed by atoms with E-state index in [-0.39, 0.29) is 12.1 Å². The minimum absolute atomic E-state index is 0.0624. The van der Waals surface area contributed by atoms with E-state index in [0.717, 1.165) is 38.4 Å². The van der Waals surface area contributed by atoms with E-state index >= 15 is 0 Å². The van der Waals surface area contributed by atoms with Gasteiger partial charge in [0.2, 0.25) is 5.89 Å². The molecule has 0 unspecified atom stereocenters. The molecule has 2 atom stereocenters. The molecule has 1 aromatic heterocycles. The Kier molecular flexibility index (Phi) is 4.24. The van der Waals surface area contributed by atoms with Crippen LogP contribution < -0.4 is 4.90 Å². The van der Waals surface area contributed by atoms with Crippen molar-refractivity contribution in [3.8, 4) is 0 Å². The Morgan fingerprint density at radius 3 is 2.75 bits per heavy atom. The number of nitrogens with zero attached hydrogens (tertiary/aromatic N) is 4. The van der Waals surface area contributed by atoms with Gasteiger partial charge in [-0.05, 0) is 25.5 Å². The monoisotopic (exact) mass is 328 g/mol. The van der Waals surface area contributed by atoms with Gasteiger partial charge in [-0.3, -0.25) is 4.90 Å². The molecule has 2 heterocycles. The molecule has 24 heavy (non-hydrogen) atoms. The second-order valence-corrected chi connectivity index (χ2v) is 6.82. The molecule has 6 heteroatoms. The molecule has 1 aliphatic heterocycles. The van der Waals surface area contributed by atoms with Crippen molar-refractivity contribution in [1.82, 2.24) is 15.1 Å². The van der Waals surface area contributed by atoms with Crippen LogP contribution in [0, 0.1) is 0 Å². The van der Waals surface area contributed by atoms with Crippen molar-refractivity contribution < 1.29 is 9.15 Å². The highest BCUT2D eigenvalue weighted by atomic mass is 16.5. The molecule has 0 amide bonds. The predicted octanol–water partition coefficient (Wildman–Crippen LogP) is 2.46. The normalized spacial score (nSPS) is 24.9. The van der Waals surface area contributed by atoms with Crippen LogP contribution in [0.15, 0.2) is 34.7 Å². The molecule has 2 fully saturated rings. The zero-order valence-corrected chi connectivity index (χ0v) is 14.3. The maximum absolute atomic E-state index is 6.10. The maximum Gasteiger partial charge on any atom is 0.317 e. The average molecular weight is 328 g/mol. The lowest BCUT2D eigenvalue weighted by Crippen LogP contribution is -2.47. The predicted molar refractivity (Wildman–Crippen MR) is 91.1 cm³/mol. The van der Waals surface area contributed by atoms with Crippen LogP contribution in [0.3, 0.4) is 0 Å². The zero-order chi connectivity index (χ0) is 16.5. The number of hydrogen-bond donors (Lipinski definition) is 0. The van der Waals surface area contributed by atoms with E-state index in [0.29, 0.717) is 11.9 Å². The number of anilines is 1. The summed E-state index contributed by atoms with van der Waals surface area (Å²) in [7, 11) is 4.15. The molecule has 4 rings (SSSR count). The van der Waals surface area contributed by atoms with Crippen LogP contribution >= 0.6 is 0 Å². The van der Waals surface area contributed by atoms with Crippen LogP contribution in [0.4, 0.5) is 6.01 Å². The first-order valence-corrected chi connectivity index (χ1v) is 8.63. The lowest BCUT2D eigenvalue weighted by Gasteiger charge is -2.40. The lowest BCUT2D eigenvalue weighted by atomic mass is 9.98. The van der Waals surface area contributed by atoms with Crippen molar-refractivity contribution in [2.45, 2.75) is 30.9 Å². The molecule has 0 radical (unpaired) electrons. The van der Waals surface area contributed by atoms with Crippen LogP contribution in [0.2, 0.25) is 0 Å². The van der Waals surface area contributed by atoms with Gasteiger partial charge in [-0.25, -0.2) is 0 Å². The molecule has 0 N–H and O–H groups in total. The first-order valence-electron chi connectivity index (χ1n) is 8.63. The second-order valence-electron chi connectivity index (χ2n) is 6.82. The Morgan fingerprint density at radius 2 is 2.00 bits per heavy atom. The molecular formula is C18H24N4O2. The van der Waals surface area contributed by atoms with Gasteiger partial charge in [0.15, 0.2) is 0 Å². The summed E-state index contributed by atoms with van der Waals surface area (Å²) < 4.78 is 11.9. The Bertz CT molecular complexity index is 671. The molecule has 0 bridgehead atoms. The van der Waals surface area contributed by atoms with Crippen LogP contribution in [-0.4, -0.2) is 55.0 Å². The summed E-state index contributed by atoms with van der Waals surface area (Å²) in [5.74, 6) is 1.26. The molecule has 2 aliphatic rings. The van der Waals surface area contributed by atoms with Gasteiger partial charge in [0, 0.05) is 19.5 Å². The van der Waals surface area contributed by atoms with Gasteiger partial charge in [-0.1, -0.05) is 35.4 Å². The highest BCUT2D eigenvalue weighted by Crippen LogP contribution is 2.40. The molecular weight excluding hydrogens is 304 g/mol. The zero-order valence-electron chi connectivity index (χ0n) is 14.3. The second kappa shape index (κ2) is 6.53. The highest BCUT2D eigenvalue weighted by Gasteiger charge is 2.34. The first-order chi connectivity index (χ1) is 11.7. The molecule has 6 nitrogen and oxygen atoms in total. The van der Waals surface area contributed by atoms with E-state index in [1.54, 1.807) is 0 Å². The topological polar surface area (TPSA) is 54.6 Å². The lowest BCUT2D eigenvalue weighted by molar-refractivity contribution is -0.0583. The van der Waals surface area contributed by atoms with Crippen LogP contribution in [-0.2, 0) is 4.74 Å². The Labute approximate surface area is 142 Å². The van der Waals surface area contributed by atoms with Crippen LogP contribution in [0.25, 0.3) is 0 Å². The van der Waals surface area contributed by atoms with Crippen LogP contribution in [0.5, 0.6) is 0 Å². The Hall–Kier alpha value is -1.92. The quantitative estimate of drug-likeness (QED) is 0.840. The van der Waals surface area contributed by atoms with E-state index in [9.17, 15) is 0 Å². The van der Waals surface area contributed by atoms with Crippen molar-refractivity contribution >= 4 is 6.01 Å². The number of benzene rings is 1. The first kappa shape index (κ1) is 15.6. The molecule has 1 aromatic carbocycles. The molecule has 1 saturated carbocycles. The summed E-state index contributed by atoms with van der Waals surface area (Å²) in [5.41, 5.74) is 1.28. The summed E-state index contributed by atoms with van der Waals surface area (Å²) in [6.07, 6.45) is 2.39. The highest BCUT2D eigenvalue weighted by molar-refractivity contribution is 5.26. The third-order valence-corrected chi connectivity index (χ3v) is 4.88. The number of rotatable bonds is 5. The minimum atomic E-state index is 0.0624. The number of morpholine rings is 1. The van der Waals surface area contributed by atoms with Crippen molar-refractivity contribution in [3.63, 3.8) is 0 Å². The smallest absolute Gasteiger partial charge is 0.317 e. The fourth-order valence-electron chi connectivity index (χ4n) is 3.36. The van der Waals surface area contributed by atoms with Gasteiger partial charge < -0.3 is 14.1 Å². The van der Waals surface area contributed by atoms with Gasteiger partial charge in [-0.15, -0.1) is 5.10 Å². The SMILES string of the molecule is CN(C[C@@H]1OCCN(C)[C@H]1c1ccccc1)c1nnc(C2CC2)o1. The fraction of sp³-hybridized carbons (Fsp3) is 0.556. The molecule has 128 valence electrons. The van der Waals surface area contributed by atoms with Crippen molar-refractivity contribution in [3.05, 3.63) is 41.8 Å². The van der Waals surface area contributed by atoms with E-state index in [1.807, 2.05) is 18.0 Å². The third kappa shape index (κ3) is 3.16. The number of hydrogen-bond acceptors (Lipinski definition) is 6. The summed E-state index contributed by atoms with van der Waals surface area (Å²) >= 11 is 0. The Morgan fingerprint density at radius 1 is 1.21 bits per heavy atom. The molecule has 2 aromatic rings. The van der Waals surface area contributed by atoms with Gasteiger partial charge in [0.1, 0.15) is 0 Å².